The van der Waals surface area contributed by atoms with Crippen LogP contribution in [0.15, 0.2) is 46.5 Å². The number of non-ortho nitro benzene ring substituents is 1. The predicted molar refractivity (Wildman–Crippen MR) is 116 cm³/mol. The fourth-order valence-electron chi connectivity index (χ4n) is 3.78. The van der Waals surface area contributed by atoms with Gasteiger partial charge in [-0.3, -0.25) is 24.5 Å². The van der Waals surface area contributed by atoms with Gasteiger partial charge in [-0.1, -0.05) is 0 Å². The third-order valence-corrected chi connectivity index (χ3v) is 6.60. The van der Waals surface area contributed by atoms with Crippen molar-refractivity contribution in [2.75, 3.05) is 0 Å². The Hall–Kier alpha value is -3.87. The normalized spacial score (nSPS) is 20.9. The van der Waals surface area contributed by atoms with Crippen molar-refractivity contribution in [1.82, 2.24) is 10.2 Å². The second kappa shape index (κ2) is 10.4. The Kier molecular flexibility index (Phi) is 7.56. The first kappa shape index (κ1) is 24.8. The van der Waals surface area contributed by atoms with Gasteiger partial charge < -0.3 is 19.7 Å². The largest absolute Gasteiger partial charge is 0.464 e. The van der Waals surface area contributed by atoms with Crippen molar-refractivity contribution >= 4 is 40.7 Å². The van der Waals surface area contributed by atoms with E-state index in [9.17, 15) is 33.5 Å². The summed E-state index contributed by atoms with van der Waals surface area (Å²) in [6.45, 7) is 2.82. The van der Waals surface area contributed by atoms with Gasteiger partial charge in [-0.05, 0) is 24.6 Å². The number of nitro benzene ring substituents is 1. The van der Waals surface area contributed by atoms with Crippen molar-refractivity contribution in [3.8, 4) is 0 Å². The van der Waals surface area contributed by atoms with E-state index in [0.717, 1.165) is 0 Å². The molecule has 180 valence electrons. The fraction of sp³-hybridized carbons (Fsp3) is 0.333. The maximum absolute atomic E-state index is 12.9. The van der Waals surface area contributed by atoms with Crippen LogP contribution >= 0.6 is 0 Å². The maximum Gasteiger partial charge on any atom is 0.356 e. The van der Waals surface area contributed by atoms with E-state index in [1.165, 1.54) is 47.7 Å². The number of nitrogens with one attached hydrogen (secondary N) is 1. The number of carbonyl (C=O) groups excluding carboxylic acids is 4. The zero-order valence-corrected chi connectivity index (χ0v) is 19.0. The molecular formula is C21H21N3O9S. The highest BCUT2D eigenvalue weighted by Crippen LogP contribution is 2.45. The summed E-state index contributed by atoms with van der Waals surface area (Å²) >= 11 is 0. The van der Waals surface area contributed by atoms with Crippen LogP contribution in [-0.4, -0.2) is 50.4 Å². The number of benzene rings is 1. The molecule has 1 saturated heterocycles. The summed E-state index contributed by atoms with van der Waals surface area (Å²) < 4.78 is 23.1. The van der Waals surface area contributed by atoms with Crippen LogP contribution in [0.2, 0.25) is 0 Å². The molecule has 34 heavy (non-hydrogen) atoms. The van der Waals surface area contributed by atoms with Crippen molar-refractivity contribution < 1.29 is 37.8 Å². The lowest BCUT2D eigenvalue weighted by Crippen LogP contribution is -2.62. The summed E-state index contributed by atoms with van der Waals surface area (Å²) in [4.78, 5) is 59.0. The van der Waals surface area contributed by atoms with Gasteiger partial charge in [0.2, 0.25) is 11.8 Å². The molecule has 3 rings (SSSR count). The van der Waals surface area contributed by atoms with Crippen LogP contribution in [0.5, 0.6) is 0 Å². The van der Waals surface area contributed by atoms with Crippen molar-refractivity contribution in [2.24, 2.45) is 5.92 Å². The van der Waals surface area contributed by atoms with Crippen molar-refractivity contribution in [1.29, 1.82) is 0 Å². The Labute approximate surface area is 196 Å². The standard InChI is InChI=1S/C21H21N3O9S/c1-12(33-11-25)18-16-9-17(34(31)8-7-22-13(2)26)19(23(16)20(18)27)21(28)32-10-14-3-5-15(6-4-14)24(29)30/h3-8,11-12,16,18H,9-10H2,1-2H3,(H,22,26)/t12-,16-,18-,34?/m1/s1. The van der Waals surface area contributed by atoms with E-state index in [1.54, 1.807) is 6.92 Å². The number of ether oxygens (including phenoxy) is 2. The van der Waals surface area contributed by atoms with E-state index in [0.29, 0.717) is 5.56 Å². The Morgan fingerprint density at radius 2 is 2.03 bits per heavy atom. The minimum atomic E-state index is -1.86. The second-order valence-electron chi connectivity index (χ2n) is 7.52. The molecule has 1 unspecified atom stereocenters. The number of carbonyl (C=O) groups is 4. The van der Waals surface area contributed by atoms with Gasteiger partial charge in [0.1, 0.15) is 18.4 Å². The van der Waals surface area contributed by atoms with Crippen LogP contribution in [0.1, 0.15) is 25.8 Å². The van der Waals surface area contributed by atoms with Crippen LogP contribution in [0.4, 0.5) is 5.69 Å². The summed E-state index contributed by atoms with van der Waals surface area (Å²) in [5, 5.41) is 14.3. The molecule has 0 aliphatic carbocycles. The maximum atomic E-state index is 12.9. The number of rotatable bonds is 10. The van der Waals surface area contributed by atoms with E-state index in [1.807, 2.05) is 0 Å². The fourth-order valence-corrected chi connectivity index (χ4v) is 4.85. The Bertz CT molecular complexity index is 1110. The number of nitro groups is 1. The van der Waals surface area contributed by atoms with E-state index in [2.05, 4.69) is 5.32 Å². The molecule has 0 radical (unpaired) electrons. The molecule has 1 fully saturated rings. The van der Waals surface area contributed by atoms with Crippen LogP contribution in [-0.2, 0) is 46.1 Å². The lowest BCUT2D eigenvalue weighted by atomic mass is 9.83. The van der Waals surface area contributed by atoms with Gasteiger partial charge in [0.25, 0.3) is 12.2 Å². The molecule has 0 spiro atoms. The van der Waals surface area contributed by atoms with E-state index >= 15 is 0 Å². The first-order valence-electron chi connectivity index (χ1n) is 10.1. The number of amides is 2. The molecule has 0 aromatic heterocycles. The van der Waals surface area contributed by atoms with E-state index in [4.69, 9.17) is 9.47 Å². The molecule has 0 saturated carbocycles. The van der Waals surface area contributed by atoms with Gasteiger partial charge in [-0.15, -0.1) is 0 Å². The average molecular weight is 491 g/mol. The number of esters is 1. The molecule has 2 amide bonds. The smallest absolute Gasteiger partial charge is 0.356 e. The van der Waals surface area contributed by atoms with Crippen LogP contribution in [0, 0.1) is 16.0 Å². The lowest BCUT2D eigenvalue weighted by molar-refractivity contribution is -0.384. The molecule has 2 aliphatic rings. The highest BCUT2D eigenvalue weighted by molar-refractivity contribution is 7.91. The zero-order valence-electron chi connectivity index (χ0n) is 18.2. The van der Waals surface area contributed by atoms with Gasteiger partial charge in [-0.25, -0.2) is 9.00 Å². The van der Waals surface area contributed by atoms with Crippen LogP contribution < -0.4 is 5.32 Å². The second-order valence-corrected chi connectivity index (χ2v) is 8.87. The predicted octanol–water partition coefficient (Wildman–Crippen LogP) is 0.998. The van der Waals surface area contributed by atoms with Gasteiger partial charge in [0.05, 0.1) is 32.6 Å². The summed E-state index contributed by atoms with van der Waals surface area (Å²) in [5.74, 6) is -2.46. The summed E-state index contributed by atoms with van der Waals surface area (Å²) in [7, 11) is -1.86. The van der Waals surface area contributed by atoms with Crippen molar-refractivity contribution in [3.05, 3.63) is 62.2 Å². The highest BCUT2D eigenvalue weighted by Gasteiger charge is 2.58. The molecule has 1 aromatic rings. The minimum Gasteiger partial charge on any atom is -0.464 e. The Balaban J connectivity index is 1.81. The molecule has 12 nitrogen and oxygen atoms in total. The van der Waals surface area contributed by atoms with E-state index in [-0.39, 0.29) is 41.7 Å². The molecule has 13 heteroatoms. The number of hydrogen-bond donors (Lipinski definition) is 1. The molecule has 0 bridgehead atoms. The van der Waals surface area contributed by atoms with Crippen LogP contribution in [0.3, 0.4) is 0 Å². The number of nitrogens with zero attached hydrogens (tertiary/aromatic N) is 2. The van der Waals surface area contributed by atoms with Crippen LogP contribution in [0.25, 0.3) is 0 Å². The van der Waals surface area contributed by atoms with Gasteiger partial charge in [0.15, 0.2) is 0 Å². The molecular weight excluding hydrogens is 470 g/mol. The topological polar surface area (TPSA) is 162 Å². The summed E-state index contributed by atoms with van der Waals surface area (Å²) in [5.41, 5.74) is 0.185. The van der Waals surface area contributed by atoms with Gasteiger partial charge in [0, 0.05) is 37.1 Å². The lowest BCUT2D eigenvalue weighted by Gasteiger charge is -2.45. The summed E-state index contributed by atoms with van der Waals surface area (Å²) in [6, 6.07) is 4.84. The Morgan fingerprint density at radius 1 is 1.35 bits per heavy atom. The molecule has 1 N–H and O–H groups in total. The quantitative estimate of drug-likeness (QED) is 0.165. The molecule has 4 atom stereocenters. The zero-order chi connectivity index (χ0) is 25.0. The third kappa shape index (κ3) is 5.03. The SMILES string of the molecule is CC(=O)NC=CS(=O)C1=C(C(=O)OCc2ccc([N+](=O)[O-])cc2)N2C(=O)[C@H]([C@@H](C)OC=O)[C@H]2C1. The third-order valence-electron chi connectivity index (χ3n) is 5.38. The average Bonchev–Trinajstić information content (AvgIpc) is 3.13. The highest BCUT2D eigenvalue weighted by atomic mass is 32.2. The minimum absolute atomic E-state index is 0.0853. The van der Waals surface area contributed by atoms with E-state index < -0.39 is 45.7 Å². The Morgan fingerprint density at radius 3 is 2.62 bits per heavy atom. The van der Waals surface area contributed by atoms with Crippen molar-refractivity contribution in [2.45, 2.75) is 39.0 Å². The molecule has 2 aliphatic heterocycles. The first-order valence-corrected chi connectivity index (χ1v) is 11.3. The summed E-state index contributed by atoms with van der Waals surface area (Å²) in [6.07, 6.45) is 0.520. The van der Waals surface area contributed by atoms with Gasteiger partial charge in [-0.2, -0.15) is 0 Å². The van der Waals surface area contributed by atoms with Crippen molar-refractivity contribution in [3.63, 3.8) is 0 Å². The number of hydrogen-bond acceptors (Lipinski definition) is 9. The molecule has 1 aromatic carbocycles. The number of β-lactam (4-membered cyclic amide) rings is 1. The molecule has 2 heterocycles. The monoisotopic (exact) mass is 491 g/mol. The first-order chi connectivity index (χ1) is 16.1. The van der Waals surface area contributed by atoms with Gasteiger partial charge >= 0.3 is 5.97 Å². The number of fused-ring (bicyclic) bond motifs is 1.